The molecule has 7 nitrogen and oxygen atoms in total. The number of thioether (sulfide) groups is 1. The van der Waals surface area contributed by atoms with Gasteiger partial charge in [0.25, 0.3) is 5.69 Å². The van der Waals surface area contributed by atoms with Gasteiger partial charge in [-0.3, -0.25) is 20.1 Å². The van der Waals surface area contributed by atoms with E-state index >= 15 is 0 Å². The summed E-state index contributed by atoms with van der Waals surface area (Å²) in [5, 5.41) is 12.9. The molecule has 3 rings (SSSR count). The van der Waals surface area contributed by atoms with Gasteiger partial charge in [0.15, 0.2) is 0 Å². The number of likely N-dealkylation sites (N-methyl/N-ethyl adjacent to an activating group) is 1. The molecule has 0 atom stereocenters. The Labute approximate surface area is 166 Å². The lowest BCUT2D eigenvalue weighted by Crippen LogP contribution is -2.38. The third-order valence-electron chi connectivity index (χ3n) is 4.18. The number of hydrogen-bond donors (Lipinski definition) is 1. The maximum absolute atomic E-state index is 11.3. The molecule has 0 aliphatic carbocycles. The number of aliphatic imine (C=N–C) groups is 2. The summed E-state index contributed by atoms with van der Waals surface area (Å²) in [5.74, 6) is 6.55. The molecule has 27 heavy (non-hydrogen) atoms. The van der Waals surface area contributed by atoms with Gasteiger partial charge in [-0.05, 0) is 25.3 Å². The van der Waals surface area contributed by atoms with E-state index in [1.807, 2.05) is 37.4 Å². The fourth-order valence-corrected chi connectivity index (χ4v) is 3.62. The van der Waals surface area contributed by atoms with E-state index in [9.17, 15) is 10.1 Å². The number of fused-ring (bicyclic) bond motifs is 1. The van der Waals surface area contributed by atoms with Crippen LogP contribution in [-0.2, 0) is 0 Å². The first-order chi connectivity index (χ1) is 13.0. The summed E-state index contributed by atoms with van der Waals surface area (Å²) in [6.45, 7) is 2.70. The van der Waals surface area contributed by atoms with E-state index in [0.717, 1.165) is 10.5 Å². The molecule has 0 radical (unpaired) electrons. The van der Waals surface area contributed by atoms with Gasteiger partial charge in [0.05, 0.1) is 22.9 Å². The van der Waals surface area contributed by atoms with Gasteiger partial charge in [0, 0.05) is 28.6 Å². The Kier molecular flexibility index (Phi) is 5.79. The van der Waals surface area contributed by atoms with E-state index in [2.05, 4.69) is 4.99 Å². The zero-order chi connectivity index (χ0) is 19.6. The largest absolute Gasteiger partial charge is 0.297 e. The highest BCUT2D eigenvalue weighted by Gasteiger charge is 2.24. The second-order valence-corrected chi connectivity index (χ2v) is 7.01. The van der Waals surface area contributed by atoms with Gasteiger partial charge in [0.2, 0.25) is 0 Å². The third kappa shape index (κ3) is 3.83. The lowest BCUT2D eigenvalue weighted by atomic mass is 10.00. The van der Waals surface area contributed by atoms with Crippen molar-refractivity contribution in [3.63, 3.8) is 0 Å². The molecule has 2 N–H and O–H groups in total. The minimum Gasteiger partial charge on any atom is -0.297 e. The van der Waals surface area contributed by atoms with Crippen LogP contribution in [0.2, 0.25) is 5.02 Å². The number of hydrogen-bond acceptors (Lipinski definition) is 7. The summed E-state index contributed by atoms with van der Waals surface area (Å²) < 4.78 is 0. The van der Waals surface area contributed by atoms with Crippen LogP contribution in [0.1, 0.15) is 18.1 Å². The van der Waals surface area contributed by atoms with E-state index < -0.39 is 4.92 Å². The Bertz CT molecular complexity index is 961. The number of amidine groups is 1. The second-order valence-electron chi connectivity index (χ2n) is 5.76. The normalized spacial score (nSPS) is 13.3. The van der Waals surface area contributed by atoms with Gasteiger partial charge in [-0.1, -0.05) is 29.8 Å². The molecule has 0 saturated heterocycles. The quantitative estimate of drug-likeness (QED) is 0.359. The molecule has 2 aromatic carbocycles. The van der Waals surface area contributed by atoms with Crippen molar-refractivity contribution in [2.45, 2.75) is 11.8 Å². The molecule has 0 amide bonds. The number of halogens is 1. The van der Waals surface area contributed by atoms with Crippen molar-refractivity contribution in [2.24, 2.45) is 15.8 Å². The monoisotopic (exact) mass is 403 g/mol. The molecule has 1 aliphatic heterocycles. The van der Waals surface area contributed by atoms with Crippen LogP contribution in [0.25, 0.3) is 0 Å². The number of nitro benzene ring substituents is 1. The number of nitrogens with two attached hydrogens (primary N) is 1. The van der Waals surface area contributed by atoms with Gasteiger partial charge in [-0.2, -0.15) is 0 Å². The van der Waals surface area contributed by atoms with E-state index in [4.69, 9.17) is 22.4 Å². The molecule has 0 unspecified atom stereocenters. The smallest absolute Gasteiger partial charge is 0.290 e. The molecule has 0 fully saturated rings. The number of nitro groups is 1. The van der Waals surface area contributed by atoms with Crippen molar-refractivity contribution < 1.29 is 4.92 Å². The van der Waals surface area contributed by atoms with E-state index in [1.54, 1.807) is 17.8 Å². The van der Waals surface area contributed by atoms with Crippen molar-refractivity contribution in [3.8, 4) is 0 Å². The second kappa shape index (κ2) is 8.08. The number of hydrazine groups is 1. The fraction of sp³-hybridized carbons (Fsp3) is 0.222. The van der Waals surface area contributed by atoms with Crippen molar-refractivity contribution in [1.82, 2.24) is 5.01 Å². The molecular formula is C18H18ClN5O2S. The topological polar surface area (TPSA) is 97.1 Å². The Balaban J connectivity index is 2.27. The maximum Gasteiger partial charge on any atom is 0.290 e. The molecule has 0 saturated carbocycles. The Hall–Kier alpha value is -2.42. The van der Waals surface area contributed by atoms with Crippen LogP contribution in [-0.4, -0.2) is 40.8 Å². The highest BCUT2D eigenvalue weighted by atomic mass is 35.5. The Morgan fingerprint density at radius 3 is 2.74 bits per heavy atom. The summed E-state index contributed by atoms with van der Waals surface area (Å²) in [7, 11) is 0. The van der Waals surface area contributed by atoms with Gasteiger partial charge >= 0.3 is 0 Å². The number of benzene rings is 2. The molecule has 1 aliphatic rings. The predicted octanol–water partition coefficient (Wildman–Crippen LogP) is 4.05. The molecule has 0 spiro atoms. The molecule has 9 heteroatoms. The SMILES string of the molecule is CCN(N)C1=Nc2cc([N+](=O)[O-])c(Cl)cc2C(c2ccccc2SC)=NC1. The summed E-state index contributed by atoms with van der Waals surface area (Å²) in [6.07, 6.45) is 1.99. The van der Waals surface area contributed by atoms with Crippen LogP contribution < -0.4 is 5.84 Å². The zero-order valence-electron chi connectivity index (χ0n) is 14.8. The van der Waals surface area contributed by atoms with Crippen molar-refractivity contribution >= 4 is 46.3 Å². The first-order valence-electron chi connectivity index (χ1n) is 8.22. The average Bonchev–Trinajstić information content (AvgIpc) is 2.85. The molecule has 140 valence electrons. The average molecular weight is 404 g/mol. The zero-order valence-corrected chi connectivity index (χ0v) is 16.4. The standard InChI is InChI=1S/C18H18ClN5O2S/c1-3-23(20)17-10-21-18(11-6-4-5-7-16(11)27-2)12-8-13(19)15(24(25)26)9-14(12)22-17/h4-9H,3,10,20H2,1-2H3. The molecule has 0 bridgehead atoms. The molecule has 0 aromatic heterocycles. The van der Waals surface area contributed by atoms with Crippen LogP contribution in [0.3, 0.4) is 0 Å². The van der Waals surface area contributed by atoms with Crippen LogP contribution in [0, 0.1) is 10.1 Å². The number of rotatable bonds is 4. The Morgan fingerprint density at radius 1 is 1.33 bits per heavy atom. The van der Waals surface area contributed by atoms with Gasteiger partial charge in [-0.15, -0.1) is 11.8 Å². The summed E-state index contributed by atoms with van der Waals surface area (Å²) in [5.41, 5.74) is 2.49. The first-order valence-corrected chi connectivity index (χ1v) is 9.82. The van der Waals surface area contributed by atoms with Gasteiger partial charge < -0.3 is 0 Å². The van der Waals surface area contributed by atoms with E-state index in [-0.39, 0.29) is 17.3 Å². The molecular weight excluding hydrogens is 386 g/mol. The lowest BCUT2D eigenvalue weighted by Gasteiger charge is -2.16. The van der Waals surface area contributed by atoms with Crippen molar-refractivity contribution in [1.29, 1.82) is 0 Å². The fourth-order valence-electron chi connectivity index (χ4n) is 2.79. The van der Waals surface area contributed by atoms with Crippen LogP contribution in [0.15, 0.2) is 51.3 Å². The van der Waals surface area contributed by atoms with Crippen LogP contribution in [0.5, 0.6) is 0 Å². The summed E-state index contributed by atoms with van der Waals surface area (Å²) in [4.78, 5) is 21.1. The van der Waals surface area contributed by atoms with Crippen LogP contribution in [0.4, 0.5) is 11.4 Å². The van der Waals surface area contributed by atoms with E-state index in [1.165, 1.54) is 11.1 Å². The first kappa shape index (κ1) is 19.3. The molecule has 1 heterocycles. The van der Waals surface area contributed by atoms with Gasteiger partial charge in [-0.25, -0.2) is 10.8 Å². The minimum absolute atomic E-state index is 0.0480. The predicted molar refractivity (Wildman–Crippen MR) is 110 cm³/mol. The van der Waals surface area contributed by atoms with Crippen molar-refractivity contribution in [2.75, 3.05) is 19.3 Å². The third-order valence-corrected chi connectivity index (χ3v) is 5.28. The van der Waals surface area contributed by atoms with Crippen LogP contribution >= 0.6 is 23.4 Å². The lowest BCUT2D eigenvalue weighted by molar-refractivity contribution is -0.384. The highest BCUT2D eigenvalue weighted by Crippen LogP contribution is 2.36. The number of nitrogens with zero attached hydrogens (tertiary/aromatic N) is 4. The minimum atomic E-state index is -0.518. The Morgan fingerprint density at radius 2 is 2.07 bits per heavy atom. The molecule has 2 aromatic rings. The highest BCUT2D eigenvalue weighted by molar-refractivity contribution is 7.98. The van der Waals surface area contributed by atoms with Gasteiger partial charge in [0.1, 0.15) is 10.9 Å². The maximum atomic E-state index is 11.3. The summed E-state index contributed by atoms with van der Waals surface area (Å²) in [6, 6.07) is 10.8. The van der Waals surface area contributed by atoms with Crippen molar-refractivity contribution in [3.05, 3.63) is 62.7 Å². The summed E-state index contributed by atoms with van der Waals surface area (Å²) >= 11 is 7.78. The van der Waals surface area contributed by atoms with E-state index in [0.29, 0.717) is 29.3 Å².